The zero-order valence-corrected chi connectivity index (χ0v) is 16.8. The Hall–Kier alpha value is -2.12. The van der Waals surface area contributed by atoms with E-state index in [1.54, 1.807) is 0 Å². The van der Waals surface area contributed by atoms with Crippen molar-refractivity contribution in [3.05, 3.63) is 35.4 Å². The third-order valence-corrected chi connectivity index (χ3v) is 5.47. The molecule has 154 valence electrons. The zero-order valence-electron chi connectivity index (χ0n) is 16.8. The first-order valence-electron chi connectivity index (χ1n) is 10.4. The lowest BCUT2D eigenvalue weighted by Crippen LogP contribution is -2.44. The molecule has 7 heteroatoms. The average molecular weight is 389 g/mol. The smallest absolute Gasteiger partial charge is 0.317 e. The fourth-order valence-corrected chi connectivity index (χ4v) is 3.88. The quantitative estimate of drug-likeness (QED) is 0.777. The van der Waals surface area contributed by atoms with Crippen LogP contribution in [0.3, 0.4) is 0 Å². The second kappa shape index (κ2) is 10.4. The summed E-state index contributed by atoms with van der Waals surface area (Å²) in [6, 6.07) is 7.85. The molecule has 1 atom stereocenters. The molecule has 2 aliphatic rings. The Kier molecular flexibility index (Phi) is 7.68. The van der Waals surface area contributed by atoms with Crippen LogP contribution in [-0.2, 0) is 4.74 Å². The monoisotopic (exact) mass is 388 g/mol. The van der Waals surface area contributed by atoms with E-state index in [-0.39, 0.29) is 17.9 Å². The molecule has 3 amide bonds. The largest absolute Gasteiger partial charge is 0.379 e. The molecule has 2 N–H and O–H groups in total. The maximum Gasteiger partial charge on any atom is 0.317 e. The molecule has 0 saturated carbocycles. The molecule has 2 aliphatic heterocycles. The van der Waals surface area contributed by atoms with E-state index in [0.29, 0.717) is 25.2 Å². The highest BCUT2D eigenvalue weighted by atomic mass is 16.5. The predicted octanol–water partition coefficient (Wildman–Crippen LogP) is 1.66. The summed E-state index contributed by atoms with van der Waals surface area (Å²) in [5.41, 5.74) is 1.82. The van der Waals surface area contributed by atoms with Crippen molar-refractivity contribution < 1.29 is 14.3 Å². The van der Waals surface area contributed by atoms with Gasteiger partial charge in [0.15, 0.2) is 0 Å². The van der Waals surface area contributed by atoms with Crippen LogP contribution in [0, 0.1) is 0 Å². The maximum absolute atomic E-state index is 12.6. The molecule has 0 aromatic heterocycles. The van der Waals surface area contributed by atoms with E-state index < -0.39 is 0 Å². The standard InChI is InChI=1S/C21H32N4O3/c1-2-22-21(27)25-9-4-7-19(16-25)17-5-3-6-18(15-17)20(26)23-8-10-24-11-13-28-14-12-24/h3,5-6,15,19H,2,4,7-14,16H2,1H3,(H,22,27)(H,23,26). The third-order valence-electron chi connectivity index (χ3n) is 5.47. The van der Waals surface area contributed by atoms with E-state index in [1.165, 1.54) is 0 Å². The Labute approximate surface area is 167 Å². The van der Waals surface area contributed by atoms with Crippen LogP contribution in [0.4, 0.5) is 4.79 Å². The summed E-state index contributed by atoms with van der Waals surface area (Å²) >= 11 is 0. The molecule has 1 aromatic carbocycles. The van der Waals surface area contributed by atoms with E-state index in [0.717, 1.165) is 57.8 Å². The molecule has 0 radical (unpaired) electrons. The fraction of sp³-hybridized carbons (Fsp3) is 0.619. The van der Waals surface area contributed by atoms with Crippen molar-refractivity contribution >= 4 is 11.9 Å². The Morgan fingerprint density at radius 2 is 2.00 bits per heavy atom. The van der Waals surface area contributed by atoms with Crippen molar-refractivity contribution in [3.63, 3.8) is 0 Å². The summed E-state index contributed by atoms with van der Waals surface area (Å²) in [7, 11) is 0. The highest BCUT2D eigenvalue weighted by Gasteiger charge is 2.25. The number of morpholine rings is 1. The van der Waals surface area contributed by atoms with E-state index >= 15 is 0 Å². The molecule has 0 bridgehead atoms. The lowest BCUT2D eigenvalue weighted by Gasteiger charge is -2.33. The van der Waals surface area contributed by atoms with Crippen molar-refractivity contribution in [1.82, 2.24) is 20.4 Å². The fourth-order valence-electron chi connectivity index (χ4n) is 3.88. The number of hydrogen-bond donors (Lipinski definition) is 2. The van der Waals surface area contributed by atoms with Crippen LogP contribution in [-0.4, -0.2) is 80.8 Å². The molecule has 1 aromatic rings. The van der Waals surface area contributed by atoms with Gasteiger partial charge in [0.1, 0.15) is 0 Å². The SMILES string of the molecule is CCNC(=O)N1CCCC(c2cccc(C(=O)NCCN3CCOCC3)c2)C1. The third kappa shape index (κ3) is 5.69. The zero-order chi connectivity index (χ0) is 19.8. The summed E-state index contributed by atoms with van der Waals surface area (Å²) in [6.45, 7) is 8.94. The number of benzene rings is 1. The van der Waals surface area contributed by atoms with Crippen molar-refractivity contribution in [2.24, 2.45) is 0 Å². The summed E-state index contributed by atoms with van der Waals surface area (Å²) < 4.78 is 5.35. The van der Waals surface area contributed by atoms with Gasteiger partial charge >= 0.3 is 6.03 Å². The first kappa shape index (κ1) is 20.6. The van der Waals surface area contributed by atoms with Crippen molar-refractivity contribution in [3.8, 4) is 0 Å². The van der Waals surface area contributed by atoms with Crippen LogP contribution in [0.2, 0.25) is 0 Å². The van der Waals surface area contributed by atoms with Gasteiger partial charge in [-0.05, 0) is 37.5 Å². The summed E-state index contributed by atoms with van der Waals surface area (Å²) in [5, 5.41) is 5.90. The summed E-state index contributed by atoms with van der Waals surface area (Å²) in [6.07, 6.45) is 2.02. The number of ether oxygens (including phenoxy) is 1. The second-order valence-electron chi connectivity index (χ2n) is 7.46. The molecule has 1 unspecified atom stereocenters. The second-order valence-corrected chi connectivity index (χ2v) is 7.46. The van der Waals surface area contributed by atoms with Crippen LogP contribution in [0.15, 0.2) is 24.3 Å². The predicted molar refractivity (Wildman–Crippen MR) is 109 cm³/mol. The normalized spacial score (nSPS) is 20.6. The number of rotatable bonds is 6. The molecule has 0 spiro atoms. The first-order chi connectivity index (χ1) is 13.7. The molecule has 7 nitrogen and oxygen atoms in total. The Balaban J connectivity index is 1.53. The van der Waals surface area contributed by atoms with Crippen LogP contribution >= 0.6 is 0 Å². The number of nitrogens with zero attached hydrogens (tertiary/aromatic N) is 2. The first-order valence-corrected chi connectivity index (χ1v) is 10.4. The Bertz CT molecular complexity index is 661. The Morgan fingerprint density at radius 1 is 1.18 bits per heavy atom. The number of hydrogen-bond acceptors (Lipinski definition) is 4. The van der Waals surface area contributed by atoms with Crippen LogP contribution in [0.25, 0.3) is 0 Å². The van der Waals surface area contributed by atoms with E-state index in [1.807, 2.05) is 30.0 Å². The van der Waals surface area contributed by atoms with Gasteiger partial charge in [-0.15, -0.1) is 0 Å². The van der Waals surface area contributed by atoms with Gasteiger partial charge in [-0.2, -0.15) is 0 Å². The molecule has 2 fully saturated rings. The van der Waals surface area contributed by atoms with Crippen LogP contribution in [0.1, 0.15) is 41.6 Å². The maximum atomic E-state index is 12.6. The molecule has 2 heterocycles. The highest BCUT2D eigenvalue weighted by molar-refractivity contribution is 5.94. The van der Waals surface area contributed by atoms with Gasteiger partial charge in [0.2, 0.25) is 0 Å². The van der Waals surface area contributed by atoms with Gasteiger partial charge in [0.05, 0.1) is 13.2 Å². The number of carbonyl (C=O) groups excluding carboxylic acids is 2. The van der Waals surface area contributed by atoms with Gasteiger partial charge in [0, 0.05) is 57.3 Å². The lowest BCUT2D eigenvalue weighted by atomic mass is 9.89. The minimum absolute atomic E-state index is 0.00390. The van der Waals surface area contributed by atoms with Gasteiger partial charge < -0.3 is 20.3 Å². The molecular formula is C21H32N4O3. The highest BCUT2D eigenvalue weighted by Crippen LogP contribution is 2.27. The van der Waals surface area contributed by atoms with E-state index in [9.17, 15) is 9.59 Å². The average Bonchev–Trinajstić information content (AvgIpc) is 2.75. The number of piperidine rings is 1. The van der Waals surface area contributed by atoms with Gasteiger partial charge in [-0.1, -0.05) is 12.1 Å². The topological polar surface area (TPSA) is 73.9 Å². The number of urea groups is 1. The molecule has 2 saturated heterocycles. The molecular weight excluding hydrogens is 356 g/mol. The molecule has 28 heavy (non-hydrogen) atoms. The van der Waals surface area contributed by atoms with E-state index in [4.69, 9.17) is 4.74 Å². The number of nitrogens with one attached hydrogen (secondary N) is 2. The van der Waals surface area contributed by atoms with Crippen LogP contribution < -0.4 is 10.6 Å². The minimum atomic E-state index is -0.0356. The van der Waals surface area contributed by atoms with Gasteiger partial charge in [-0.3, -0.25) is 9.69 Å². The van der Waals surface area contributed by atoms with E-state index in [2.05, 4.69) is 21.6 Å². The van der Waals surface area contributed by atoms with Gasteiger partial charge in [-0.25, -0.2) is 4.79 Å². The van der Waals surface area contributed by atoms with Gasteiger partial charge in [0.25, 0.3) is 5.91 Å². The van der Waals surface area contributed by atoms with Crippen LogP contribution in [0.5, 0.6) is 0 Å². The summed E-state index contributed by atoms with van der Waals surface area (Å²) in [5.74, 6) is 0.240. The number of likely N-dealkylation sites (tertiary alicyclic amines) is 1. The number of carbonyl (C=O) groups is 2. The molecule has 0 aliphatic carbocycles. The van der Waals surface area contributed by atoms with Crippen molar-refractivity contribution in [2.45, 2.75) is 25.7 Å². The molecule has 3 rings (SSSR count). The lowest BCUT2D eigenvalue weighted by molar-refractivity contribution is 0.0383. The minimum Gasteiger partial charge on any atom is -0.379 e. The number of amides is 3. The van der Waals surface area contributed by atoms with Crippen molar-refractivity contribution in [1.29, 1.82) is 0 Å². The summed E-state index contributed by atoms with van der Waals surface area (Å²) in [4.78, 5) is 28.9. The Morgan fingerprint density at radius 3 is 2.79 bits per heavy atom. The van der Waals surface area contributed by atoms with Crippen molar-refractivity contribution in [2.75, 3.05) is 59.0 Å².